The van der Waals surface area contributed by atoms with Crippen LogP contribution in [0, 0.1) is 5.92 Å². The average Bonchev–Trinajstić information content (AvgIpc) is 2.44. The summed E-state index contributed by atoms with van der Waals surface area (Å²) in [6.07, 6.45) is 3.94. The van der Waals surface area contributed by atoms with Gasteiger partial charge in [-0.3, -0.25) is 4.79 Å². The molecule has 110 valence electrons. The molecule has 0 radical (unpaired) electrons. The van der Waals surface area contributed by atoms with Crippen LogP contribution in [0.5, 0.6) is 5.75 Å². The maximum Gasteiger partial charge on any atom is 0.251 e. The number of benzene rings is 1. The third-order valence-corrected chi connectivity index (χ3v) is 4.89. The molecular weight excluding hydrogens is 297 g/mol. The summed E-state index contributed by atoms with van der Waals surface area (Å²) in [4.78, 5) is 12.3. The van der Waals surface area contributed by atoms with Gasteiger partial charge in [-0.25, -0.2) is 0 Å². The Morgan fingerprint density at radius 3 is 2.65 bits per heavy atom. The molecule has 0 heterocycles. The molecule has 1 aliphatic carbocycles. The minimum absolute atomic E-state index is 0.0261. The van der Waals surface area contributed by atoms with Crippen molar-refractivity contribution in [3.63, 3.8) is 0 Å². The molecule has 0 unspecified atom stereocenters. The van der Waals surface area contributed by atoms with Crippen molar-refractivity contribution in [2.45, 2.75) is 38.1 Å². The molecule has 1 aromatic rings. The predicted molar refractivity (Wildman–Crippen MR) is 81.7 cm³/mol. The van der Waals surface area contributed by atoms with E-state index in [0.717, 1.165) is 25.7 Å². The van der Waals surface area contributed by atoms with Gasteiger partial charge >= 0.3 is 0 Å². The minimum Gasteiger partial charge on any atom is -0.506 e. The van der Waals surface area contributed by atoms with Crippen LogP contribution in [0.25, 0.3) is 0 Å². The molecular formula is C15H19Cl2NO2. The van der Waals surface area contributed by atoms with Crippen LogP contribution < -0.4 is 5.32 Å². The molecule has 0 aliphatic heterocycles. The Hall–Kier alpha value is -0.930. The predicted octanol–water partition coefficient (Wildman–Crippen LogP) is 3.96. The van der Waals surface area contributed by atoms with Crippen LogP contribution >= 0.6 is 23.2 Å². The van der Waals surface area contributed by atoms with Gasteiger partial charge in [0.2, 0.25) is 0 Å². The minimum atomic E-state index is -0.324. The monoisotopic (exact) mass is 315 g/mol. The number of hydrogen-bond acceptors (Lipinski definition) is 2. The van der Waals surface area contributed by atoms with E-state index in [4.69, 9.17) is 23.2 Å². The topological polar surface area (TPSA) is 49.3 Å². The van der Waals surface area contributed by atoms with Crippen molar-refractivity contribution in [3.8, 4) is 5.75 Å². The second kappa shape index (κ2) is 6.23. The summed E-state index contributed by atoms with van der Waals surface area (Å²) in [7, 11) is 0. The fraction of sp³-hybridized carbons (Fsp3) is 0.533. The molecule has 0 bridgehead atoms. The van der Waals surface area contributed by atoms with Gasteiger partial charge < -0.3 is 10.4 Å². The highest BCUT2D eigenvalue weighted by molar-refractivity contribution is 6.32. The Labute approximate surface area is 129 Å². The van der Waals surface area contributed by atoms with Crippen LogP contribution in [0.1, 0.15) is 43.0 Å². The maximum absolute atomic E-state index is 12.3. The van der Waals surface area contributed by atoms with Crippen LogP contribution in [0.2, 0.25) is 5.02 Å². The number of carbonyl (C=O) groups is 1. The first-order chi connectivity index (χ1) is 9.46. The highest BCUT2D eigenvalue weighted by Gasteiger charge is 2.35. The maximum atomic E-state index is 12.3. The number of aromatic hydroxyl groups is 1. The van der Waals surface area contributed by atoms with Gasteiger partial charge in [-0.2, -0.15) is 0 Å². The molecule has 1 aliphatic rings. The van der Waals surface area contributed by atoms with E-state index in [1.54, 1.807) is 6.07 Å². The first-order valence-corrected chi connectivity index (χ1v) is 7.74. The quantitative estimate of drug-likeness (QED) is 0.829. The molecule has 0 saturated heterocycles. The highest BCUT2D eigenvalue weighted by Crippen LogP contribution is 2.33. The zero-order valence-electron chi connectivity index (χ0n) is 11.5. The van der Waals surface area contributed by atoms with E-state index in [1.807, 2.05) is 0 Å². The zero-order valence-corrected chi connectivity index (χ0v) is 13.0. The zero-order chi connectivity index (χ0) is 14.8. The lowest BCUT2D eigenvalue weighted by Gasteiger charge is -2.38. The first-order valence-electron chi connectivity index (χ1n) is 6.83. The first kappa shape index (κ1) is 15.5. The number of rotatable bonds is 3. The summed E-state index contributed by atoms with van der Waals surface area (Å²) < 4.78 is 0. The molecule has 1 amide bonds. The fourth-order valence-electron chi connectivity index (χ4n) is 2.57. The van der Waals surface area contributed by atoms with E-state index in [9.17, 15) is 9.90 Å². The largest absolute Gasteiger partial charge is 0.506 e. The van der Waals surface area contributed by atoms with Gasteiger partial charge in [0.25, 0.3) is 5.91 Å². The third kappa shape index (κ3) is 3.39. The van der Waals surface area contributed by atoms with Crippen molar-refractivity contribution in [3.05, 3.63) is 28.8 Å². The van der Waals surface area contributed by atoms with E-state index in [0.29, 0.717) is 17.4 Å². The van der Waals surface area contributed by atoms with Crippen LogP contribution in [0.15, 0.2) is 18.2 Å². The summed E-state index contributed by atoms with van der Waals surface area (Å²) in [5.41, 5.74) is 0.117. The number of alkyl halides is 1. The smallest absolute Gasteiger partial charge is 0.251 e. The fourth-order valence-corrected chi connectivity index (χ4v) is 3.08. The Morgan fingerprint density at radius 1 is 1.45 bits per heavy atom. The Kier molecular flexibility index (Phi) is 4.82. The van der Waals surface area contributed by atoms with Gasteiger partial charge in [0.05, 0.1) is 10.6 Å². The molecule has 3 nitrogen and oxygen atoms in total. The summed E-state index contributed by atoms with van der Waals surface area (Å²) in [5, 5.41) is 12.6. The summed E-state index contributed by atoms with van der Waals surface area (Å²) >= 11 is 11.9. The number of halogens is 2. The third-order valence-electron chi connectivity index (χ3n) is 4.08. The number of carbonyl (C=O) groups excluding carboxylic acids is 1. The summed E-state index contributed by atoms with van der Waals surface area (Å²) in [6, 6.07) is 4.46. The second-order valence-corrected chi connectivity index (χ2v) is 6.39. The lowest BCUT2D eigenvalue weighted by atomic mass is 9.78. The summed E-state index contributed by atoms with van der Waals surface area (Å²) in [5.74, 6) is 0.882. The van der Waals surface area contributed by atoms with Gasteiger partial charge in [-0.05, 0) is 49.8 Å². The van der Waals surface area contributed by atoms with Crippen molar-refractivity contribution in [1.82, 2.24) is 5.32 Å². The molecule has 1 fully saturated rings. The van der Waals surface area contributed by atoms with Crippen LogP contribution in [-0.2, 0) is 0 Å². The van der Waals surface area contributed by atoms with Crippen LogP contribution in [-0.4, -0.2) is 22.4 Å². The number of hydrogen-bond donors (Lipinski definition) is 2. The van der Waals surface area contributed by atoms with Crippen LogP contribution in [0.3, 0.4) is 0 Å². The number of amides is 1. The van der Waals surface area contributed by atoms with Crippen molar-refractivity contribution in [2.24, 2.45) is 5.92 Å². The normalized spacial score (nSPS) is 26.2. The van der Waals surface area contributed by atoms with Gasteiger partial charge in [0.1, 0.15) is 5.75 Å². The van der Waals surface area contributed by atoms with Gasteiger partial charge in [-0.1, -0.05) is 18.5 Å². The SMILES string of the molecule is CC1CCC(CCl)(NC(=O)c2ccc(O)c(Cl)c2)CC1. The van der Waals surface area contributed by atoms with Gasteiger partial charge in [-0.15, -0.1) is 11.6 Å². The Bertz CT molecular complexity index is 497. The molecule has 1 saturated carbocycles. The van der Waals surface area contributed by atoms with E-state index in [1.165, 1.54) is 12.1 Å². The molecule has 20 heavy (non-hydrogen) atoms. The molecule has 0 aromatic heterocycles. The van der Waals surface area contributed by atoms with E-state index < -0.39 is 0 Å². The molecule has 2 N–H and O–H groups in total. The van der Waals surface area contributed by atoms with E-state index in [-0.39, 0.29) is 22.2 Å². The lowest BCUT2D eigenvalue weighted by Crippen LogP contribution is -2.52. The molecule has 2 rings (SSSR count). The standard InChI is InChI=1S/C15H19Cl2NO2/c1-10-4-6-15(9-16,7-5-10)18-14(20)11-2-3-13(19)12(17)8-11/h2-3,8,10,19H,4-7,9H2,1H3,(H,18,20). The molecule has 5 heteroatoms. The number of phenolic OH excluding ortho intramolecular Hbond substituents is 1. The average molecular weight is 316 g/mol. The van der Waals surface area contributed by atoms with Gasteiger partial charge in [0, 0.05) is 11.4 Å². The Morgan fingerprint density at radius 2 is 2.10 bits per heavy atom. The molecule has 0 spiro atoms. The van der Waals surface area contributed by atoms with Crippen molar-refractivity contribution >= 4 is 29.1 Å². The van der Waals surface area contributed by atoms with E-state index >= 15 is 0 Å². The van der Waals surface area contributed by atoms with Gasteiger partial charge in [0.15, 0.2) is 0 Å². The second-order valence-electron chi connectivity index (χ2n) is 5.72. The molecule has 0 atom stereocenters. The summed E-state index contributed by atoms with van der Waals surface area (Å²) in [6.45, 7) is 2.22. The number of phenols is 1. The lowest BCUT2D eigenvalue weighted by molar-refractivity contribution is 0.0872. The Balaban J connectivity index is 2.11. The van der Waals surface area contributed by atoms with Crippen molar-refractivity contribution in [1.29, 1.82) is 0 Å². The van der Waals surface area contributed by atoms with E-state index in [2.05, 4.69) is 12.2 Å². The van der Waals surface area contributed by atoms with Crippen molar-refractivity contribution in [2.75, 3.05) is 5.88 Å². The van der Waals surface area contributed by atoms with Crippen molar-refractivity contribution < 1.29 is 9.90 Å². The highest BCUT2D eigenvalue weighted by atomic mass is 35.5. The number of nitrogens with one attached hydrogen (secondary N) is 1. The van der Waals surface area contributed by atoms with Crippen LogP contribution in [0.4, 0.5) is 0 Å². The molecule has 1 aromatic carbocycles.